The van der Waals surface area contributed by atoms with Crippen LogP contribution in [-0.2, 0) is 9.53 Å². The molecule has 0 bridgehead atoms. The molecule has 0 aromatic carbocycles. The first-order valence-electron chi connectivity index (χ1n) is 6.88. The molecule has 6 nitrogen and oxygen atoms in total. The third-order valence-electron chi connectivity index (χ3n) is 3.51. The number of amides is 2. The zero-order valence-electron chi connectivity index (χ0n) is 11.9. The van der Waals surface area contributed by atoms with Crippen LogP contribution in [-0.4, -0.2) is 53.3 Å². The Kier molecular flexibility index (Phi) is 6.08. The number of carboxylic acids is 1. The second-order valence-electron chi connectivity index (χ2n) is 4.97. The van der Waals surface area contributed by atoms with E-state index in [1.807, 2.05) is 20.8 Å². The lowest BCUT2D eigenvalue weighted by atomic mass is 9.89. The summed E-state index contributed by atoms with van der Waals surface area (Å²) in [6.45, 7) is 6.16. The Labute approximate surface area is 114 Å². The van der Waals surface area contributed by atoms with Gasteiger partial charge in [-0.1, -0.05) is 6.92 Å². The maximum absolute atomic E-state index is 12.1. The summed E-state index contributed by atoms with van der Waals surface area (Å²) in [5, 5.41) is 11.7. The zero-order chi connectivity index (χ0) is 14.4. The Morgan fingerprint density at radius 2 is 2.05 bits per heavy atom. The van der Waals surface area contributed by atoms with Crippen LogP contribution >= 0.6 is 0 Å². The average Bonchev–Trinajstić information content (AvgIpc) is 2.32. The molecule has 1 atom stereocenters. The predicted molar refractivity (Wildman–Crippen MR) is 71.1 cm³/mol. The number of nitrogens with one attached hydrogen (secondary N) is 1. The Morgan fingerprint density at radius 1 is 1.42 bits per heavy atom. The van der Waals surface area contributed by atoms with Crippen molar-refractivity contribution in [3.05, 3.63) is 0 Å². The van der Waals surface area contributed by atoms with Gasteiger partial charge in [0, 0.05) is 18.7 Å². The first-order chi connectivity index (χ1) is 8.97. The molecule has 1 aliphatic rings. The fourth-order valence-corrected chi connectivity index (χ4v) is 2.11. The van der Waals surface area contributed by atoms with Crippen LogP contribution in [0.4, 0.5) is 4.79 Å². The third kappa shape index (κ3) is 4.70. The number of hydrogen-bond acceptors (Lipinski definition) is 3. The van der Waals surface area contributed by atoms with Crippen molar-refractivity contribution in [1.29, 1.82) is 0 Å². The molecule has 0 saturated heterocycles. The van der Waals surface area contributed by atoms with Crippen LogP contribution in [0.15, 0.2) is 0 Å². The summed E-state index contributed by atoms with van der Waals surface area (Å²) >= 11 is 0. The molecule has 2 N–H and O–H groups in total. The second-order valence-corrected chi connectivity index (χ2v) is 4.97. The minimum atomic E-state index is -0.990. The Balaban J connectivity index is 2.42. The molecule has 6 heteroatoms. The average molecular weight is 272 g/mol. The van der Waals surface area contributed by atoms with Gasteiger partial charge in [-0.25, -0.2) is 4.79 Å². The van der Waals surface area contributed by atoms with Crippen LogP contribution in [0, 0.1) is 0 Å². The lowest BCUT2D eigenvalue weighted by Crippen LogP contribution is -2.54. The summed E-state index contributed by atoms with van der Waals surface area (Å²) in [5.74, 6) is -0.990. The van der Waals surface area contributed by atoms with E-state index < -0.39 is 5.97 Å². The minimum absolute atomic E-state index is 0.0844. The normalized spacial score (nSPS) is 23.3. The topological polar surface area (TPSA) is 78.9 Å². The van der Waals surface area contributed by atoms with Crippen molar-refractivity contribution in [1.82, 2.24) is 10.2 Å². The number of carbonyl (C=O) groups excluding carboxylic acids is 1. The SMILES string of the molecule is CCOC1CC(NC(=O)N(CC(=O)O)C(C)CC)C1. The van der Waals surface area contributed by atoms with Crippen LogP contribution < -0.4 is 5.32 Å². The van der Waals surface area contributed by atoms with E-state index in [0.717, 1.165) is 19.3 Å². The summed E-state index contributed by atoms with van der Waals surface area (Å²) < 4.78 is 5.42. The highest BCUT2D eigenvalue weighted by Crippen LogP contribution is 2.23. The van der Waals surface area contributed by atoms with Crippen molar-refractivity contribution in [3.8, 4) is 0 Å². The van der Waals surface area contributed by atoms with E-state index in [2.05, 4.69) is 5.32 Å². The van der Waals surface area contributed by atoms with Gasteiger partial charge in [0.15, 0.2) is 0 Å². The van der Waals surface area contributed by atoms with Crippen molar-refractivity contribution in [2.75, 3.05) is 13.2 Å². The minimum Gasteiger partial charge on any atom is -0.480 e. The summed E-state index contributed by atoms with van der Waals surface area (Å²) in [7, 11) is 0. The molecule has 0 spiro atoms. The Morgan fingerprint density at radius 3 is 2.53 bits per heavy atom. The van der Waals surface area contributed by atoms with E-state index in [1.165, 1.54) is 4.90 Å². The zero-order valence-corrected chi connectivity index (χ0v) is 11.9. The van der Waals surface area contributed by atoms with E-state index >= 15 is 0 Å². The van der Waals surface area contributed by atoms with Gasteiger partial charge in [0.1, 0.15) is 6.54 Å². The molecule has 1 fully saturated rings. The molecule has 1 saturated carbocycles. The van der Waals surface area contributed by atoms with Gasteiger partial charge in [0.25, 0.3) is 0 Å². The number of rotatable bonds is 7. The number of aliphatic carboxylic acids is 1. The number of urea groups is 1. The van der Waals surface area contributed by atoms with Crippen LogP contribution in [0.2, 0.25) is 0 Å². The maximum atomic E-state index is 12.1. The van der Waals surface area contributed by atoms with E-state index in [9.17, 15) is 9.59 Å². The standard InChI is InChI=1S/C13H24N2O4/c1-4-9(3)15(8-12(16)17)13(18)14-10-6-11(7-10)19-5-2/h9-11H,4-8H2,1-3H3,(H,14,18)(H,16,17). The van der Waals surface area contributed by atoms with Gasteiger partial charge >= 0.3 is 12.0 Å². The molecule has 110 valence electrons. The fraction of sp³-hybridized carbons (Fsp3) is 0.846. The molecule has 0 aliphatic heterocycles. The first kappa shape index (κ1) is 15.8. The maximum Gasteiger partial charge on any atom is 0.323 e. The van der Waals surface area contributed by atoms with Crippen LogP contribution in [0.5, 0.6) is 0 Å². The van der Waals surface area contributed by atoms with Gasteiger partial charge < -0.3 is 20.1 Å². The highest BCUT2D eigenvalue weighted by atomic mass is 16.5. The largest absolute Gasteiger partial charge is 0.480 e. The molecule has 19 heavy (non-hydrogen) atoms. The lowest BCUT2D eigenvalue weighted by molar-refractivity contribution is -0.138. The monoisotopic (exact) mass is 272 g/mol. The van der Waals surface area contributed by atoms with E-state index in [1.54, 1.807) is 0 Å². The van der Waals surface area contributed by atoms with E-state index in [-0.39, 0.29) is 30.8 Å². The van der Waals surface area contributed by atoms with Gasteiger partial charge in [0.2, 0.25) is 0 Å². The highest BCUT2D eigenvalue weighted by Gasteiger charge is 2.32. The summed E-state index contributed by atoms with van der Waals surface area (Å²) in [6.07, 6.45) is 2.57. The van der Waals surface area contributed by atoms with Gasteiger partial charge in [-0.05, 0) is 33.1 Å². The predicted octanol–water partition coefficient (Wildman–Crippen LogP) is 1.45. The Bertz CT molecular complexity index is 316. The Hall–Kier alpha value is -1.30. The molecule has 0 radical (unpaired) electrons. The molecule has 1 rings (SSSR count). The number of ether oxygens (including phenoxy) is 1. The summed E-state index contributed by atoms with van der Waals surface area (Å²) in [6, 6.07) is -0.278. The van der Waals surface area contributed by atoms with Gasteiger partial charge in [-0.15, -0.1) is 0 Å². The second kappa shape index (κ2) is 7.33. The van der Waals surface area contributed by atoms with Gasteiger partial charge in [-0.2, -0.15) is 0 Å². The lowest BCUT2D eigenvalue weighted by Gasteiger charge is -2.37. The molecule has 1 aliphatic carbocycles. The molecule has 0 aromatic heterocycles. The summed E-state index contributed by atoms with van der Waals surface area (Å²) in [4.78, 5) is 24.2. The van der Waals surface area contributed by atoms with Gasteiger partial charge in [0.05, 0.1) is 6.10 Å². The molecular weight excluding hydrogens is 248 g/mol. The molecule has 1 unspecified atom stereocenters. The quantitative estimate of drug-likeness (QED) is 0.735. The van der Waals surface area contributed by atoms with E-state index in [4.69, 9.17) is 9.84 Å². The number of hydrogen-bond donors (Lipinski definition) is 2. The molecular formula is C13H24N2O4. The molecule has 2 amide bonds. The van der Waals surface area contributed by atoms with Crippen LogP contribution in [0.3, 0.4) is 0 Å². The third-order valence-corrected chi connectivity index (χ3v) is 3.51. The van der Waals surface area contributed by atoms with Crippen molar-refractivity contribution in [3.63, 3.8) is 0 Å². The molecule has 0 aromatic rings. The molecule has 0 heterocycles. The number of nitrogens with zero attached hydrogens (tertiary/aromatic N) is 1. The van der Waals surface area contributed by atoms with Crippen molar-refractivity contribution < 1.29 is 19.4 Å². The van der Waals surface area contributed by atoms with Crippen molar-refractivity contribution >= 4 is 12.0 Å². The van der Waals surface area contributed by atoms with Crippen molar-refractivity contribution in [2.45, 2.75) is 58.2 Å². The highest BCUT2D eigenvalue weighted by molar-refractivity contribution is 5.80. The first-order valence-corrected chi connectivity index (χ1v) is 6.88. The smallest absolute Gasteiger partial charge is 0.323 e. The van der Waals surface area contributed by atoms with E-state index in [0.29, 0.717) is 6.61 Å². The van der Waals surface area contributed by atoms with Gasteiger partial charge in [-0.3, -0.25) is 4.79 Å². The van der Waals surface area contributed by atoms with Crippen LogP contribution in [0.1, 0.15) is 40.0 Å². The fourth-order valence-electron chi connectivity index (χ4n) is 2.11. The van der Waals surface area contributed by atoms with Crippen molar-refractivity contribution in [2.24, 2.45) is 0 Å². The number of carbonyl (C=O) groups is 2. The number of carboxylic acid groups (broad SMARTS) is 1. The summed E-state index contributed by atoms with van der Waals surface area (Å²) in [5.41, 5.74) is 0. The van der Waals surface area contributed by atoms with Crippen LogP contribution in [0.25, 0.3) is 0 Å².